The van der Waals surface area contributed by atoms with E-state index in [1.165, 1.54) is 5.69 Å². The molecule has 4 heterocycles. The number of aromatic nitrogens is 2. The van der Waals surface area contributed by atoms with Crippen molar-refractivity contribution in [3.8, 4) is 11.4 Å². The molecule has 0 unspecified atom stereocenters. The minimum Gasteiger partial charge on any atom is -0.494 e. The lowest BCUT2D eigenvalue weighted by Gasteiger charge is -2.29. The van der Waals surface area contributed by atoms with E-state index in [0.29, 0.717) is 23.0 Å². The summed E-state index contributed by atoms with van der Waals surface area (Å²) in [6, 6.07) is 22.4. The number of benzene rings is 2. The number of thiocarbonyl (C=S) groups is 1. The highest BCUT2D eigenvalue weighted by Crippen LogP contribution is 2.45. The van der Waals surface area contributed by atoms with Gasteiger partial charge in [0.2, 0.25) is 5.91 Å². The number of hydrogen-bond donors (Lipinski definition) is 2. The fraction of sp³-hybridized carbons (Fsp3) is 0.324. The highest BCUT2D eigenvalue weighted by molar-refractivity contribution is 7.80. The zero-order valence-electron chi connectivity index (χ0n) is 25.5. The van der Waals surface area contributed by atoms with Crippen molar-refractivity contribution in [2.24, 2.45) is 0 Å². The first-order chi connectivity index (χ1) is 21.4. The summed E-state index contributed by atoms with van der Waals surface area (Å²) in [5.74, 6) is 0.492. The zero-order chi connectivity index (χ0) is 30.8. The second-order valence-corrected chi connectivity index (χ2v) is 11.4. The number of aryl methyl sites for hydroxylation is 1. The van der Waals surface area contributed by atoms with E-state index in [4.69, 9.17) is 26.7 Å². The lowest BCUT2D eigenvalue weighted by Crippen LogP contribution is -2.36. The van der Waals surface area contributed by atoms with Crippen LogP contribution in [0.5, 0.6) is 5.75 Å². The van der Waals surface area contributed by atoms with Crippen molar-refractivity contribution in [2.45, 2.75) is 39.3 Å². The minimum absolute atomic E-state index is 0.0760. The van der Waals surface area contributed by atoms with Gasteiger partial charge in [0, 0.05) is 60.2 Å². The van der Waals surface area contributed by atoms with Crippen LogP contribution >= 0.6 is 12.2 Å². The molecular weight excluding hydrogens is 572 g/mol. The van der Waals surface area contributed by atoms with Gasteiger partial charge in [0.15, 0.2) is 5.11 Å². The van der Waals surface area contributed by atoms with E-state index in [1.807, 2.05) is 49.5 Å². The van der Waals surface area contributed by atoms with Gasteiger partial charge < -0.3 is 34.5 Å². The van der Waals surface area contributed by atoms with Gasteiger partial charge in [-0.25, -0.2) is 0 Å². The van der Waals surface area contributed by atoms with Crippen molar-refractivity contribution in [2.75, 3.05) is 48.5 Å². The van der Waals surface area contributed by atoms with Gasteiger partial charge in [0.05, 0.1) is 43.8 Å². The van der Waals surface area contributed by atoms with E-state index in [0.717, 1.165) is 60.3 Å². The monoisotopic (exact) mass is 610 g/mol. The van der Waals surface area contributed by atoms with Crippen LogP contribution in [0.25, 0.3) is 5.69 Å². The number of rotatable bonds is 8. The molecule has 0 saturated carbocycles. The molecule has 9 nitrogen and oxygen atoms in total. The summed E-state index contributed by atoms with van der Waals surface area (Å²) in [6.07, 6.45) is 2.19. The number of carbonyl (C=O) groups is 1. The first-order valence-corrected chi connectivity index (χ1v) is 15.4. The predicted molar refractivity (Wildman–Crippen MR) is 178 cm³/mol. The van der Waals surface area contributed by atoms with Crippen LogP contribution in [0.2, 0.25) is 0 Å². The number of pyridine rings is 1. The zero-order valence-corrected chi connectivity index (χ0v) is 26.4. The third-order valence-corrected chi connectivity index (χ3v) is 8.74. The Morgan fingerprint density at radius 2 is 1.77 bits per heavy atom. The van der Waals surface area contributed by atoms with Gasteiger partial charge >= 0.3 is 0 Å². The summed E-state index contributed by atoms with van der Waals surface area (Å²) in [7, 11) is 1.60. The molecule has 2 aromatic carbocycles. The van der Waals surface area contributed by atoms with Gasteiger partial charge in [-0.05, 0) is 86.2 Å². The molecule has 0 bridgehead atoms. The van der Waals surface area contributed by atoms with Crippen molar-refractivity contribution < 1.29 is 14.3 Å². The molecule has 2 N–H and O–H groups in total. The van der Waals surface area contributed by atoms with Gasteiger partial charge in [0.1, 0.15) is 5.75 Å². The molecule has 228 valence electrons. The average Bonchev–Trinajstić information content (AvgIpc) is 3.56. The molecule has 44 heavy (non-hydrogen) atoms. The molecule has 0 aliphatic carbocycles. The SMILES string of the molecule is CCC(=O)Nc1ccc(N2C(=S)N[C@@H](c3ccccn3)[C@@H]2c2cc(C)n(-c3ccc(N4CCOCC4)cc3)c2C)cc1OC. The highest BCUT2D eigenvalue weighted by Gasteiger charge is 2.42. The molecule has 10 heteroatoms. The number of carbonyl (C=O) groups excluding carboxylic acids is 1. The largest absolute Gasteiger partial charge is 0.494 e. The molecule has 0 spiro atoms. The lowest BCUT2D eigenvalue weighted by molar-refractivity contribution is -0.115. The van der Waals surface area contributed by atoms with Gasteiger partial charge in [-0.1, -0.05) is 13.0 Å². The quantitative estimate of drug-likeness (QED) is 0.240. The number of amides is 1. The van der Waals surface area contributed by atoms with Crippen LogP contribution in [0, 0.1) is 13.8 Å². The summed E-state index contributed by atoms with van der Waals surface area (Å²) >= 11 is 5.99. The molecule has 1 amide bonds. The molecule has 6 rings (SSSR count). The number of nitrogens with one attached hydrogen (secondary N) is 2. The van der Waals surface area contributed by atoms with Crippen molar-refractivity contribution in [1.82, 2.24) is 14.9 Å². The topological polar surface area (TPSA) is 83.9 Å². The standard InChI is InChI=1S/C34H38N6O3S/c1-5-31(41)36-28-14-13-26(21-30(28)42-4)40-33(32(37-34(40)44)29-8-6-7-15-35-29)27-20-22(2)39(23(27)3)25-11-9-24(10-12-25)38-16-18-43-19-17-38/h6-15,20-21,32-33H,5,16-19H2,1-4H3,(H,36,41)(H,37,44)/t32-,33-/m0/s1. The maximum atomic E-state index is 12.1. The van der Waals surface area contributed by atoms with Crippen molar-refractivity contribution in [3.05, 3.63) is 95.6 Å². The van der Waals surface area contributed by atoms with Crippen LogP contribution in [0.3, 0.4) is 0 Å². The first-order valence-electron chi connectivity index (χ1n) is 15.0. The Balaban J connectivity index is 1.41. The second-order valence-electron chi connectivity index (χ2n) is 11.1. The Labute approximate surface area is 263 Å². The maximum absolute atomic E-state index is 12.1. The number of ether oxygens (including phenoxy) is 2. The van der Waals surface area contributed by atoms with E-state index in [2.05, 4.69) is 69.2 Å². The number of hydrogen-bond acceptors (Lipinski definition) is 6. The smallest absolute Gasteiger partial charge is 0.224 e. The second kappa shape index (κ2) is 12.7. The van der Waals surface area contributed by atoms with Crippen LogP contribution in [0.15, 0.2) is 72.9 Å². The van der Waals surface area contributed by atoms with Crippen LogP contribution in [-0.2, 0) is 9.53 Å². The Bertz CT molecular complexity index is 1650. The number of methoxy groups -OCH3 is 1. The highest BCUT2D eigenvalue weighted by atomic mass is 32.1. The van der Waals surface area contributed by atoms with Crippen LogP contribution in [0.4, 0.5) is 17.1 Å². The Hall–Kier alpha value is -4.41. The van der Waals surface area contributed by atoms with E-state index >= 15 is 0 Å². The van der Waals surface area contributed by atoms with Crippen molar-refractivity contribution in [1.29, 1.82) is 0 Å². The van der Waals surface area contributed by atoms with Gasteiger partial charge in [0.25, 0.3) is 0 Å². The molecule has 2 saturated heterocycles. The fourth-order valence-corrected chi connectivity index (χ4v) is 6.58. The summed E-state index contributed by atoms with van der Waals surface area (Å²) in [5, 5.41) is 7.08. The maximum Gasteiger partial charge on any atom is 0.224 e. The van der Waals surface area contributed by atoms with Crippen LogP contribution < -0.4 is 25.2 Å². The first kappa shape index (κ1) is 29.7. The third kappa shape index (κ3) is 5.62. The normalized spacial score (nSPS) is 18.3. The Morgan fingerprint density at radius 1 is 1.05 bits per heavy atom. The average molecular weight is 611 g/mol. The molecule has 2 aliphatic rings. The van der Waals surface area contributed by atoms with Gasteiger partial charge in [-0.2, -0.15) is 0 Å². The molecular formula is C34H38N6O3S. The van der Waals surface area contributed by atoms with Crippen LogP contribution in [0.1, 0.15) is 48.1 Å². The molecule has 2 aliphatic heterocycles. The van der Waals surface area contributed by atoms with Gasteiger partial charge in [-0.15, -0.1) is 0 Å². The van der Waals surface area contributed by atoms with Crippen molar-refractivity contribution in [3.63, 3.8) is 0 Å². The summed E-state index contributed by atoms with van der Waals surface area (Å²) in [5.41, 5.74) is 8.10. The number of nitrogens with zero attached hydrogens (tertiary/aromatic N) is 4. The summed E-state index contributed by atoms with van der Waals surface area (Å²) in [6.45, 7) is 9.45. The molecule has 2 aromatic heterocycles. The van der Waals surface area contributed by atoms with Gasteiger partial charge in [-0.3, -0.25) is 9.78 Å². The fourth-order valence-electron chi connectivity index (χ4n) is 6.24. The minimum atomic E-state index is -0.189. The third-order valence-electron chi connectivity index (χ3n) is 8.43. The Morgan fingerprint density at radius 3 is 2.45 bits per heavy atom. The molecule has 0 radical (unpaired) electrons. The lowest BCUT2D eigenvalue weighted by atomic mass is 9.96. The van der Waals surface area contributed by atoms with E-state index in [1.54, 1.807) is 7.11 Å². The number of anilines is 3. The van der Waals surface area contributed by atoms with E-state index < -0.39 is 0 Å². The van der Waals surface area contributed by atoms with E-state index in [9.17, 15) is 4.79 Å². The summed E-state index contributed by atoms with van der Waals surface area (Å²) < 4.78 is 13.5. The molecule has 2 fully saturated rings. The molecule has 4 aromatic rings. The van der Waals surface area contributed by atoms with Crippen LogP contribution in [-0.4, -0.2) is 54.0 Å². The predicted octanol–water partition coefficient (Wildman–Crippen LogP) is 5.86. The van der Waals surface area contributed by atoms with E-state index in [-0.39, 0.29) is 18.0 Å². The number of morpholine rings is 1. The Kier molecular flexibility index (Phi) is 8.54. The molecule has 2 atom stereocenters. The van der Waals surface area contributed by atoms with Crippen molar-refractivity contribution >= 4 is 40.3 Å². The summed E-state index contributed by atoms with van der Waals surface area (Å²) in [4.78, 5) is 21.4.